The van der Waals surface area contributed by atoms with E-state index in [0.29, 0.717) is 25.5 Å². The summed E-state index contributed by atoms with van der Waals surface area (Å²) in [6.45, 7) is 1.36. The van der Waals surface area contributed by atoms with Gasteiger partial charge in [0.1, 0.15) is 17.9 Å². The van der Waals surface area contributed by atoms with Crippen molar-refractivity contribution in [2.45, 2.75) is 13.1 Å². The highest BCUT2D eigenvalue weighted by Gasteiger charge is 2.24. The summed E-state index contributed by atoms with van der Waals surface area (Å²) in [5.41, 5.74) is -0.0343. The first kappa shape index (κ1) is 11.6. The molecule has 0 bridgehead atoms. The molecule has 1 aliphatic rings. The minimum Gasteiger partial charge on any atom is -0.507 e. The number of hydrogen-bond acceptors (Lipinski definition) is 4. The van der Waals surface area contributed by atoms with Gasteiger partial charge in [-0.1, -0.05) is 0 Å². The lowest BCUT2D eigenvalue weighted by Gasteiger charge is -2.27. The van der Waals surface area contributed by atoms with Gasteiger partial charge < -0.3 is 14.6 Å². The molecule has 3 rings (SSSR count). The van der Waals surface area contributed by atoms with Crippen LogP contribution in [0.2, 0.25) is 0 Å². The second kappa shape index (κ2) is 4.34. The second-order valence-corrected chi connectivity index (χ2v) is 4.33. The molecule has 0 atom stereocenters. The smallest absolute Gasteiger partial charge is 0.258 e. The number of benzene rings is 1. The molecule has 0 unspecified atom stereocenters. The molecule has 0 fully saturated rings. The van der Waals surface area contributed by atoms with E-state index in [0.717, 1.165) is 12.1 Å². The lowest BCUT2D eigenvalue weighted by Crippen LogP contribution is -2.38. The summed E-state index contributed by atoms with van der Waals surface area (Å²) in [6.07, 6.45) is 1.61. The molecule has 19 heavy (non-hydrogen) atoms. The Morgan fingerprint density at radius 2 is 2.21 bits per heavy atom. The third-order valence-corrected chi connectivity index (χ3v) is 3.12. The molecule has 1 amide bonds. The Morgan fingerprint density at radius 3 is 3.05 bits per heavy atom. The van der Waals surface area contributed by atoms with E-state index >= 15 is 0 Å². The molecular weight excluding hydrogens is 251 g/mol. The maximum absolute atomic E-state index is 13.2. The summed E-state index contributed by atoms with van der Waals surface area (Å²) in [5, 5.41) is 17.3. The molecule has 98 valence electrons. The minimum absolute atomic E-state index is 0.0343. The number of amides is 1. The Balaban J connectivity index is 1.87. The number of carbonyl (C=O) groups excluding carboxylic acids is 1. The molecule has 1 aliphatic heterocycles. The van der Waals surface area contributed by atoms with Crippen molar-refractivity contribution >= 4 is 5.91 Å². The number of aromatic nitrogens is 3. The highest BCUT2D eigenvalue weighted by molar-refractivity contribution is 5.96. The molecule has 6 nitrogen and oxygen atoms in total. The fourth-order valence-electron chi connectivity index (χ4n) is 2.09. The molecule has 0 radical (unpaired) electrons. The lowest BCUT2D eigenvalue weighted by molar-refractivity contribution is 0.0704. The van der Waals surface area contributed by atoms with Gasteiger partial charge in [-0.25, -0.2) is 4.39 Å². The van der Waals surface area contributed by atoms with Crippen LogP contribution in [-0.4, -0.2) is 37.2 Å². The Labute approximate surface area is 108 Å². The summed E-state index contributed by atoms with van der Waals surface area (Å²) >= 11 is 0. The fraction of sp³-hybridized carbons (Fsp3) is 0.250. The summed E-state index contributed by atoms with van der Waals surface area (Å²) in [4.78, 5) is 13.8. The Hall–Kier alpha value is -2.44. The van der Waals surface area contributed by atoms with Gasteiger partial charge in [-0.2, -0.15) is 0 Å². The molecule has 0 saturated carbocycles. The molecule has 0 saturated heterocycles. The number of nitrogens with zero attached hydrogens (tertiary/aromatic N) is 4. The molecule has 2 aromatic rings. The van der Waals surface area contributed by atoms with Crippen LogP contribution in [0.3, 0.4) is 0 Å². The molecule has 2 heterocycles. The summed E-state index contributed by atoms with van der Waals surface area (Å²) in [5.74, 6) is -0.512. The highest BCUT2D eigenvalue weighted by Crippen LogP contribution is 2.21. The van der Waals surface area contributed by atoms with Crippen molar-refractivity contribution in [3.8, 4) is 5.75 Å². The Bertz CT molecular complexity index is 640. The SMILES string of the molecule is O=C(c1cc(F)ccc1O)N1CCn2cnnc2C1. The van der Waals surface area contributed by atoms with Crippen molar-refractivity contribution in [3.05, 3.63) is 41.7 Å². The van der Waals surface area contributed by atoms with Crippen LogP contribution in [0.1, 0.15) is 16.2 Å². The monoisotopic (exact) mass is 262 g/mol. The maximum Gasteiger partial charge on any atom is 0.258 e. The lowest BCUT2D eigenvalue weighted by atomic mass is 10.1. The van der Waals surface area contributed by atoms with E-state index in [-0.39, 0.29) is 11.3 Å². The number of phenols is 1. The first-order valence-electron chi connectivity index (χ1n) is 5.79. The van der Waals surface area contributed by atoms with E-state index < -0.39 is 11.7 Å². The fourth-order valence-corrected chi connectivity index (χ4v) is 2.09. The number of aromatic hydroxyl groups is 1. The number of rotatable bonds is 1. The van der Waals surface area contributed by atoms with Crippen molar-refractivity contribution in [3.63, 3.8) is 0 Å². The maximum atomic E-state index is 13.2. The second-order valence-electron chi connectivity index (χ2n) is 4.33. The number of hydrogen-bond donors (Lipinski definition) is 1. The van der Waals surface area contributed by atoms with E-state index in [9.17, 15) is 14.3 Å². The molecule has 1 N–H and O–H groups in total. The third-order valence-electron chi connectivity index (χ3n) is 3.12. The summed E-state index contributed by atoms with van der Waals surface area (Å²) in [7, 11) is 0. The number of fused-ring (bicyclic) bond motifs is 1. The van der Waals surface area contributed by atoms with Crippen LogP contribution in [-0.2, 0) is 13.1 Å². The molecular formula is C12H11FN4O2. The van der Waals surface area contributed by atoms with Crippen molar-refractivity contribution < 1.29 is 14.3 Å². The van der Waals surface area contributed by atoms with Crippen LogP contribution in [0.4, 0.5) is 4.39 Å². The van der Waals surface area contributed by atoms with E-state index in [4.69, 9.17) is 0 Å². The Morgan fingerprint density at radius 1 is 1.37 bits per heavy atom. The average molecular weight is 262 g/mol. The van der Waals surface area contributed by atoms with Crippen molar-refractivity contribution in [2.75, 3.05) is 6.54 Å². The van der Waals surface area contributed by atoms with Gasteiger partial charge in [-0.15, -0.1) is 10.2 Å². The third kappa shape index (κ3) is 2.03. The topological polar surface area (TPSA) is 71.2 Å². The van der Waals surface area contributed by atoms with Gasteiger partial charge in [0, 0.05) is 13.1 Å². The first-order valence-corrected chi connectivity index (χ1v) is 5.79. The van der Waals surface area contributed by atoms with E-state index in [1.807, 2.05) is 4.57 Å². The van der Waals surface area contributed by atoms with Crippen molar-refractivity contribution in [1.82, 2.24) is 19.7 Å². The van der Waals surface area contributed by atoms with Crippen LogP contribution in [0, 0.1) is 5.82 Å². The zero-order chi connectivity index (χ0) is 13.4. The van der Waals surface area contributed by atoms with Gasteiger partial charge in [0.25, 0.3) is 5.91 Å². The van der Waals surface area contributed by atoms with Gasteiger partial charge in [-0.05, 0) is 18.2 Å². The molecule has 7 heteroatoms. The average Bonchev–Trinajstić information content (AvgIpc) is 2.88. The van der Waals surface area contributed by atoms with Crippen LogP contribution in [0.25, 0.3) is 0 Å². The van der Waals surface area contributed by atoms with Gasteiger partial charge in [-0.3, -0.25) is 4.79 Å². The van der Waals surface area contributed by atoms with E-state index in [1.165, 1.54) is 11.0 Å². The van der Waals surface area contributed by atoms with Gasteiger partial charge >= 0.3 is 0 Å². The van der Waals surface area contributed by atoms with Crippen molar-refractivity contribution in [2.24, 2.45) is 0 Å². The zero-order valence-corrected chi connectivity index (χ0v) is 9.95. The largest absolute Gasteiger partial charge is 0.507 e. The van der Waals surface area contributed by atoms with Gasteiger partial charge in [0.15, 0.2) is 5.82 Å². The standard InChI is InChI=1S/C12H11FN4O2/c13-8-1-2-10(18)9(5-8)12(19)16-3-4-17-7-14-15-11(17)6-16/h1-2,5,7,18H,3-4,6H2. The predicted octanol–water partition coefficient (Wildman–Crippen LogP) is 0.779. The highest BCUT2D eigenvalue weighted by atomic mass is 19.1. The van der Waals surface area contributed by atoms with Crippen LogP contribution in [0.15, 0.2) is 24.5 Å². The van der Waals surface area contributed by atoms with Crippen LogP contribution < -0.4 is 0 Å². The van der Waals surface area contributed by atoms with Gasteiger partial charge in [0.05, 0.1) is 12.1 Å². The van der Waals surface area contributed by atoms with E-state index in [1.54, 1.807) is 6.33 Å². The normalized spacial score (nSPS) is 14.3. The first-order chi connectivity index (χ1) is 9.15. The Kier molecular flexibility index (Phi) is 2.66. The minimum atomic E-state index is -0.554. The number of carbonyl (C=O) groups is 1. The predicted molar refractivity (Wildman–Crippen MR) is 62.8 cm³/mol. The number of halogens is 1. The molecule has 0 aliphatic carbocycles. The van der Waals surface area contributed by atoms with Crippen molar-refractivity contribution in [1.29, 1.82) is 0 Å². The van der Waals surface area contributed by atoms with E-state index in [2.05, 4.69) is 10.2 Å². The molecule has 0 spiro atoms. The molecule has 1 aromatic heterocycles. The molecule has 1 aromatic carbocycles. The summed E-state index contributed by atoms with van der Waals surface area (Å²) in [6, 6.07) is 3.32. The summed E-state index contributed by atoms with van der Waals surface area (Å²) < 4.78 is 15.0. The number of phenolic OH excluding ortho intramolecular Hbond substituents is 1. The quantitative estimate of drug-likeness (QED) is 0.824. The van der Waals surface area contributed by atoms with Gasteiger partial charge in [0.2, 0.25) is 0 Å². The van der Waals surface area contributed by atoms with Crippen LogP contribution >= 0.6 is 0 Å². The van der Waals surface area contributed by atoms with Crippen LogP contribution in [0.5, 0.6) is 5.75 Å². The zero-order valence-electron chi connectivity index (χ0n) is 9.95.